The number of aliphatic carboxylic acids is 1. The van der Waals surface area contributed by atoms with Crippen LogP contribution in [0.1, 0.15) is 68.1 Å². The number of rotatable bonds is 11. The van der Waals surface area contributed by atoms with Gasteiger partial charge >= 0.3 is 5.97 Å². The van der Waals surface area contributed by atoms with Gasteiger partial charge in [-0.15, -0.1) is 17.0 Å². The summed E-state index contributed by atoms with van der Waals surface area (Å²) in [5, 5.41) is 17.4. The second-order valence-electron chi connectivity index (χ2n) is 9.50. The first-order valence-corrected chi connectivity index (χ1v) is 11.9. The summed E-state index contributed by atoms with van der Waals surface area (Å²) in [5.74, 6) is -1.14. The van der Waals surface area contributed by atoms with Gasteiger partial charge in [-0.25, -0.2) is 4.39 Å². The molecule has 1 heterocycles. The summed E-state index contributed by atoms with van der Waals surface area (Å²) in [6.45, 7) is 10.2. The first kappa shape index (κ1) is 30.1. The zero-order valence-electron chi connectivity index (χ0n) is 21.8. The van der Waals surface area contributed by atoms with Gasteiger partial charge in [0.25, 0.3) is 0 Å². The molecule has 1 aliphatic heterocycles. The van der Waals surface area contributed by atoms with E-state index in [4.69, 9.17) is 24.7 Å². The minimum absolute atomic E-state index is 0. The van der Waals surface area contributed by atoms with Gasteiger partial charge in [0.2, 0.25) is 0 Å². The van der Waals surface area contributed by atoms with Crippen LogP contribution >= 0.6 is 17.0 Å². The average molecular weight is 581 g/mol. The molecular weight excluding hydrogens is 547 g/mol. The van der Waals surface area contributed by atoms with E-state index in [0.29, 0.717) is 23.5 Å². The van der Waals surface area contributed by atoms with Crippen molar-refractivity contribution in [3.8, 4) is 17.2 Å². The Labute approximate surface area is 227 Å². The van der Waals surface area contributed by atoms with E-state index in [-0.39, 0.29) is 83.8 Å². The Balaban J connectivity index is 0.00000481. The highest BCUT2D eigenvalue weighted by molar-refractivity contribution is 8.93. The number of amidine groups is 1. The number of ketones is 1. The molecule has 0 fully saturated rings. The number of carboxylic acids is 1. The van der Waals surface area contributed by atoms with Gasteiger partial charge in [0.1, 0.15) is 11.6 Å². The van der Waals surface area contributed by atoms with Crippen molar-refractivity contribution < 1.29 is 33.3 Å². The molecular formula is C27H34BrFN2O6. The summed E-state index contributed by atoms with van der Waals surface area (Å²) in [4.78, 5) is 25.6. The number of fused-ring (bicyclic) bond motifs is 1. The predicted molar refractivity (Wildman–Crippen MR) is 144 cm³/mol. The number of nitrogens with one attached hydrogen (secondary N) is 1. The molecule has 0 atom stereocenters. The average Bonchev–Trinajstić information content (AvgIpc) is 3.10. The van der Waals surface area contributed by atoms with Gasteiger partial charge in [-0.2, -0.15) is 0 Å². The van der Waals surface area contributed by atoms with Crippen LogP contribution in [0.25, 0.3) is 0 Å². The Bertz CT molecular complexity index is 1180. The van der Waals surface area contributed by atoms with Crippen LogP contribution in [0.5, 0.6) is 17.2 Å². The maximum Gasteiger partial charge on any atom is 0.306 e. The SMILES string of the molecule is Br.CCOc1cc2c(c(F)c1OCC)C(=N)N(CC(=O)c1ccc(OCCC(=O)O)c(C(C)(C)C)c1)C2. The van der Waals surface area contributed by atoms with Crippen molar-refractivity contribution in [3.63, 3.8) is 0 Å². The fourth-order valence-corrected chi connectivity index (χ4v) is 4.09. The number of Topliss-reactive ketones (excluding diaryl/α,β-unsaturated/α-hetero) is 1. The first-order valence-electron chi connectivity index (χ1n) is 11.9. The molecule has 0 unspecified atom stereocenters. The van der Waals surface area contributed by atoms with Gasteiger partial charge in [0.05, 0.1) is 38.3 Å². The molecule has 0 saturated carbocycles. The van der Waals surface area contributed by atoms with Crippen LogP contribution < -0.4 is 14.2 Å². The molecule has 2 aromatic carbocycles. The Kier molecular flexibility index (Phi) is 10.1. The molecule has 0 bridgehead atoms. The number of hydrogen-bond donors (Lipinski definition) is 2. The van der Waals surface area contributed by atoms with Crippen LogP contribution in [0.2, 0.25) is 0 Å². The van der Waals surface area contributed by atoms with E-state index in [1.807, 2.05) is 20.8 Å². The summed E-state index contributed by atoms with van der Waals surface area (Å²) >= 11 is 0. The Hall–Kier alpha value is -3.14. The van der Waals surface area contributed by atoms with Gasteiger partial charge in [0, 0.05) is 17.7 Å². The molecule has 10 heteroatoms. The van der Waals surface area contributed by atoms with E-state index in [1.165, 1.54) is 4.90 Å². The molecule has 2 N–H and O–H groups in total. The van der Waals surface area contributed by atoms with Crippen molar-refractivity contribution in [1.82, 2.24) is 4.90 Å². The molecule has 0 aromatic heterocycles. The molecule has 0 radical (unpaired) electrons. The lowest BCUT2D eigenvalue weighted by atomic mass is 9.85. The number of carbonyl (C=O) groups is 2. The number of benzene rings is 2. The third-order valence-corrected chi connectivity index (χ3v) is 5.79. The first-order chi connectivity index (χ1) is 17.0. The van der Waals surface area contributed by atoms with Crippen LogP contribution in [-0.4, -0.2) is 54.0 Å². The van der Waals surface area contributed by atoms with Crippen LogP contribution in [0.3, 0.4) is 0 Å². The van der Waals surface area contributed by atoms with Crippen LogP contribution in [-0.2, 0) is 16.8 Å². The second kappa shape index (κ2) is 12.4. The van der Waals surface area contributed by atoms with E-state index in [1.54, 1.807) is 38.1 Å². The fourth-order valence-electron chi connectivity index (χ4n) is 4.09. The van der Waals surface area contributed by atoms with Crippen molar-refractivity contribution in [3.05, 3.63) is 52.3 Å². The second-order valence-corrected chi connectivity index (χ2v) is 9.50. The minimum Gasteiger partial charge on any atom is -0.493 e. The molecule has 0 spiro atoms. The molecule has 37 heavy (non-hydrogen) atoms. The van der Waals surface area contributed by atoms with Crippen molar-refractivity contribution in [2.24, 2.45) is 0 Å². The number of carboxylic acid groups (broad SMARTS) is 1. The van der Waals surface area contributed by atoms with Crippen LogP contribution in [0.15, 0.2) is 24.3 Å². The summed E-state index contributed by atoms with van der Waals surface area (Å²) in [6.07, 6.45) is -0.130. The third kappa shape index (κ3) is 6.80. The van der Waals surface area contributed by atoms with Gasteiger partial charge < -0.3 is 24.2 Å². The number of hydrogen-bond acceptors (Lipinski definition) is 6. The standard InChI is InChI=1S/C27H33FN2O6.BrH/c1-6-34-21-13-17-14-30(26(29)23(17)24(28)25(21)35-7-2)15-19(31)16-8-9-20(36-11-10-22(32)33)18(12-16)27(3,4)5;/h8-9,12-13,29H,6-7,10-11,14-15H2,1-5H3,(H,32,33);1H. The highest BCUT2D eigenvalue weighted by atomic mass is 79.9. The van der Waals surface area contributed by atoms with Crippen molar-refractivity contribution in [1.29, 1.82) is 5.41 Å². The number of carbonyl (C=O) groups excluding carboxylic acids is 1. The highest BCUT2D eigenvalue weighted by Crippen LogP contribution is 2.39. The van der Waals surface area contributed by atoms with Crippen molar-refractivity contribution in [2.75, 3.05) is 26.4 Å². The molecule has 0 amide bonds. The summed E-state index contributed by atoms with van der Waals surface area (Å²) in [6, 6.07) is 6.71. The lowest BCUT2D eigenvalue weighted by molar-refractivity contribution is -0.137. The van der Waals surface area contributed by atoms with Gasteiger partial charge in [-0.1, -0.05) is 20.8 Å². The molecule has 0 saturated heterocycles. The molecule has 3 rings (SSSR count). The van der Waals surface area contributed by atoms with Gasteiger partial charge in [0.15, 0.2) is 23.1 Å². The molecule has 202 valence electrons. The van der Waals surface area contributed by atoms with Crippen molar-refractivity contribution >= 4 is 34.6 Å². The molecule has 8 nitrogen and oxygen atoms in total. The highest BCUT2D eigenvalue weighted by Gasteiger charge is 2.33. The zero-order chi connectivity index (χ0) is 26.6. The van der Waals surface area contributed by atoms with Crippen LogP contribution in [0, 0.1) is 11.2 Å². The summed E-state index contributed by atoms with van der Waals surface area (Å²) in [5.41, 5.74) is 1.52. The molecule has 2 aromatic rings. The third-order valence-electron chi connectivity index (χ3n) is 5.79. The summed E-state index contributed by atoms with van der Waals surface area (Å²) in [7, 11) is 0. The van der Waals surface area contributed by atoms with E-state index in [9.17, 15) is 9.59 Å². The molecule has 1 aliphatic rings. The smallest absolute Gasteiger partial charge is 0.306 e. The van der Waals surface area contributed by atoms with E-state index in [0.717, 1.165) is 5.56 Å². The predicted octanol–water partition coefficient (Wildman–Crippen LogP) is 5.38. The maximum absolute atomic E-state index is 15.3. The fraction of sp³-hybridized carbons (Fsp3) is 0.444. The summed E-state index contributed by atoms with van der Waals surface area (Å²) < 4.78 is 32.0. The maximum atomic E-state index is 15.3. The Morgan fingerprint density at radius 1 is 1.08 bits per heavy atom. The van der Waals surface area contributed by atoms with Crippen LogP contribution in [0.4, 0.5) is 4.39 Å². The van der Waals surface area contributed by atoms with E-state index < -0.39 is 11.8 Å². The van der Waals surface area contributed by atoms with Gasteiger partial charge in [-0.05, 0) is 49.1 Å². The minimum atomic E-state index is -0.952. The monoisotopic (exact) mass is 580 g/mol. The normalized spacial score (nSPS) is 12.6. The lowest BCUT2D eigenvalue weighted by Crippen LogP contribution is -2.30. The number of halogens is 2. The topological polar surface area (TPSA) is 109 Å². The lowest BCUT2D eigenvalue weighted by Gasteiger charge is -2.24. The van der Waals surface area contributed by atoms with E-state index in [2.05, 4.69) is 0 Å². The Morgan fingerprint density at radius 2 is 1.76 bits per heavy atom. The van der Waals surface area contributed by atoms with Crippen molar-refractivity contribution in [2.45, 2.75) is 53.0 Å². The van der Waals surface area contributed by atoms with E-state index >= 15 is 4.39 Å². The molecule has 0 aliphatic carbocycles. The number of ether oxygens (including phenoxy) is 3. The Morgan fingerprint density at radius 3 is 2.35 bits per heavy atom. The zero-order valence-corrected chi connectivity index (χ0v) is 23.5. The number of nitrogens with zero attached hydrogens (tertiary/aromatic N) is 1. The quantitative estimate of drug-likeness (QED) is 0.343. The van der Waals surface area contributed by atoms with Gasteiger partial charge in [-0.3, -0.25) is 15.0 Å². The largest absolute Gasteiger partial charge is 0.493 e.